The van der Waals surface area contributed by atoms with E-state index in [0.29, 0.717) is 23.4 Å². The van der Waals surface area contributed by atoms with Crippen LogP contribution < -0.4 is 14.4 Å². The van der Waals surface area contributed by atoms with Crippen LogP contribution in [-0.4, -0.2) is 50.9 Å². The van der Waals surface area contributed by atoms with Crippen molar-refractivity contribution < 1.29 is 22.7 Å². The number of carbonyl (C=O) groups excluding carboxylic acids is 2. The van der Waals surface area contributed by atoms with Crippen molar-refractivity contribution in [1.29, 1.82) is 0 Å². The molecule has 45 heavy (non-hydrogen) atoms. The van der Waals surface area contributed by atoms with Crippen molar-refractivity contribution in [1.82, 2.24) is 10.2 Å². The molecule has 0 spiro atoms. The zero-order valence-electron chi connectivity index (χ0n) is 26.2. The van der Waals surface area contributed by atoms with Crippen LogP contribution in [0, 0.1) is 6.92 Å². The molecule has 0 aliphatic rings. The molecule has 0 saturated carbocycles. The van der Waals surface area contributed by atoms with Gasteiger partial charge in [0.2, 0.25) is 11.8 Å². The second-order valence-corrected chi connectivity index (χ2v) is 12.9. The molecule has 0 aliphatic carbocycles. The first-order valence-electron chi connectivity index (χ1n) is 15.0. The molecule has 0 aliphatic heterocycles. The van der Waals surface area contributed by atoms with Crippen LogP contribution in [0.4, 0.5) is 5.69 Å². The fourth-order valence-electron chi connectivity index (χ4n) is 5.04. The standard InChI is InChI=1S/C36H41N3O5S/c1-5-28(3)37-36(41)34(24-29-16-8-6-9-17-29)38(25-30-18-14-19-31(23-30)44-4)35(40)26-39(33-22-13-12-15-27(33)2)45(42,43)32-20-10-7-11-21-32/h6-23,28,34H,5,24-26H2,1-4H3,(H,37,41)/t28-,34-/m0/s1. The molecule has 0 aromatic heterocycles. The van der Waals surface area contributed by atoms with Crippen LogP contribution in [0.1, 0.15) is 37.0 Å². The van der Waals surface area contributed by atoms with Crippen LogP contribution in [0.25, 0.3) is 0 Å². The molecular weight excluding hydrogens is 586 g/mol. The summed E-state index contributed by atoms with van der Waals surface area (Å²) in [5.41, 5.74) is 2.70. The Morgan fingerprint density at radius 1 is 0.844 bits per heavy atom. The third-order valence-corrected chi connectivity index (χ3v) is 9.53. The molecule has 0 fully saturated rings. The monoisotopic (exact) mass is 627 g/mol. The van der Waals surface area contributed by atoms with E-state index >= 15 is 0 Å². The van der Waals surface area contributed by atoms with Gasteiger partial charge in [-0.05, 0) is 67.3 Å². The molecule has 4 rings (SSSR count). The summed E-state index contributed by atoms with van der Waals surface area (Å²) in [7, 11) is -2.59. The fourth-order valence-corrected chi connectivity index (χ4v) is 6.54. The number of nitrogens with one attached hydrogen (secondary N) is 1. The minimum atomic E-state index is -4.15. The molecule has 0 bridgehead atoms. The minimum Gasteiger partial charge on any atom is -0.497 e. The van der Waals surface area contributed by atoms with E-state index in [2.05, 4.69) is 5.32 Å². The van der Waals surface area contributed by atoms with E-state index in [9.17, 15) is 18.0 Å². The second kappa shape index (κ2) is 15.4. The fraction of sp³-hybridized carbons (Fsp3) is 0.278. The molecule has 8 nitrogen and oxygen atoms in total. The van der Waals surface area contributed by atoms with Gasteiger partial charge in [-0.1, -0.05) is 85.8 Å². The summed E-state index contributed by atoms with van der Waals surface area (Å²) >= 11 is 0. The van der Waals surface area contributed by atoms with Gasteiger partial charge >= 0.3 is 0 Å². The van der Waals surface area contributed by atoms with Crippen LogP contribution in [-0.2, 0) is 32.6 Å². The molecule has 4 aromatic rings. The number of nitrogens with zero attached hydrogens (tertiary/aromatic N) is 2. The van der Waals surface area contributed by atoms with Crippen molar-refractivity contribution in [3.8, 4) is 5.75 Å². The summed E-state index contributed by atoms with van der Waals surface area (Å²) in [6.45, 7) is 5.25. The number of carbonyl (C=O) groups is 2. The van der Waals surface area contributed by atoms with E-state index < -0.39 is 28.5 Å². The Kier molecular flexibility index (Phi) is 11.4. The van der Waals surface area contributed by atoms with Gasteiger partial charge in [-0.2, -0.15) is 0 Å². The van der Waals surface area contributed by atoms with E-state index in [0.717, 1.165) is 15.4 Å². The van der Waals surface area contributed by atoms with Gasteiger partial charge in [-0.3, -0.25) is 13.9 Å². The van der Waals surface area contributed by atoms with Crippen LogP contribution >= 0.6 is 0 Å². The van der Waals surface area contributed by atoms with Crippen molar-refractivity contribution >= 4 is 27.5 Å². The van der Waals surface area contributed by atoms with Gasteiger partial charge in [0.15, 0.2) is 0 Å². The highest BCUT2D eigenvalue weighted by atomic mass is 32.2. The van der Waals surface area contributed by atoms with Crippen LogP contribution in [0.5, 0.6) is 5.75 Å². The lowest BCUT2D eigenvalue weighted by Crippen LogP contribution is -2.54. The molecule has 0 unspecified atom stereocenters. The Hall–Kier alpha value is -4.63. The smallest absolute Gasteiger partial charge is 0.264 e. The first-order chi connectivity index (χ1) is 21.6. The van der Waals surface area contributed by atoms with Crippen LogP contribution in [0.15, 0.2) is 114 Å². The average molecular weight is 628 g/mol. The molecule has 236 valence electrons. The quantitative estimate of drug-likeness (QED) is 0.192. The summed E-state index contributed by atoms with van der Waals surface area (Å²) in [4.78, 5) is 30.1. The highest BCUT2D eigenvalue weighted by molar-refractivity contribution is 7.92. The molecular formula is C36H41N3O5S. The van der Waals surface area contributed by atoms with Crippen LogP contribution in [0.3, 0.4) is 0 Å². The number of aryl methyl sites for hydroxylation is 1. The molecule has 0 heterocycles. The molecule has 2 amide bonds. The summed E-state index contributed by atoms with van der Waals surface area (Å²) in [6, 6.07) is 30.9. The Balaban J connectivity index is 1.82. The number of methoxy groups -OCH3 is 1. The predicted molar refractivity (Wildman–Crippen MR) is 178 cm³/mol. The second-order valence-electron chi connectivity index (χ2n) is 11.0. The zero-order valence-corrected chi connectivity index (χ0v) is 27.0. The first-order valence-corrected chi connectivity index (χ1v) is 16.5. The van der Waals surface area contributed by atoms with Crippen LogP contribution in [0.2, 0.25) is 0 Å². The minimum absolute atomic E-state index is 0.0639. The number of benzene rings is 4. The van der Waals surface area contributed by atoms with E-state index in [-0.39, 0.29) is 29.8 Å². The van der Waals surface area contributed by atoms with E-state index in [4.69, 9.17) is 4.74 Å². The Morgan fingerprint density at radius 3 is 2.11 bits per heavy atom. The topological polar surface area (TPSA) is 96.0 Å². The van der Waals surface area contributed by atoms with Crippen molar-refractivity contribution in [2.45, 2.75) is 57.1 Å². The molecule has 2 atom stereocenters. The Bertz CT molecular complexity index is 1680. The van der Waals surface area contributed by atoms with Gasteiger partial charge < -0.3 is 15.0 Å². The maximum atomic E-state index is 14.6. The average Bonchev–Trinajstić information content (AvgIpc) is 3.06. The molecule has 9 heteroatoms. The lowest BCUT2D eigenvalue weighted by molar-refractivity contribution is -0.140. The number of hydrogen-bond acceptors (Lipinski definition) is 5. The lowest BCUT2D eigenvalue weighted by atomic mass is 10.0. The number of hydrogen-bond donors (Lipinski definition) is 1. The number of amides is 2. The third-order valence-electron chi connectivity index (χ3n) is 7.75. The highest BCUT2D eigenvalue weighted by Crippen LogP contribution is 2.28. The SMILES string of the molecule is CC[C@H](C)NC(=O)[C@H](Cc1ccccc1)N(Cc1cccc(OC)c1)C(=O)CN(c1ccccc1C)S(=O)(=O)c1ccccc1. The van der Waals surface area contributed by atoms with Gasteiger partial charge in [-0.15, -0.1) is 0 Å². The van der Waals surface area contributed by atoms with Gasteiger partial charge in [0.25, 0.3) is 10.0 Å². The summed E-state index contributed by atoms with van der Waals surface area (Å²) in [6.07, 6.45) is 0.957. The summed E-state index contributed by atoms with van der Waals surface area (Å²) < 4.78 is 34.8. The zero-order chi connectivity index (χ0) is 32.4. The van der Waals surface area contributed by atoms with Gasteiger partial charge in [0, 0.05) is 19.0 Å². The van der Waals surface area contributed by atoms with Crippen molar-refractivity contribution in [2.75, 3.05) is 18.0 Å². The molecule has 1 N–H and O–H groups in total. The number of ether oxygens (including phenoxy) is 1. The molecule has 4 aromatic carbocycles. The number of anilines is 1. The number of sulfonamides is 1. The first kappa shape index (κ1) is 33.3. The van der Waals surface area contributed by atoms with E-state index in [1.807, 2.05) is 68.4 Å². The Labute approximate surface area is 266 Å². The number of rotatable bonds is 14. The summed E-state index contributed by atoms with van der Waals surface area (Å²) in [5.74, 6) is -0.213. The van der Waals surface area contributed by atoms with Crippen molar-refractivity contribution in [3.05, 3.63) is 126 Å². The number of para-hydroxylation sites is 1. The normalized spacial score (nSPS) is 12.5. The van der Waals surface area contributed by atoms with E-state index in [1.165, 1.54) is 17.0 Å². The third kappa shape index (κ3) is 8.51. The molecule has 0 radical (unpaired) electrons. The maximum Gasteiger partial charge on any atom is 0.264 e. The predicted octanol–water partition coefficient (Wildman–Crippen LogP) is 5.75. The largest absolute Gasteiger partial charge is 0.497 e. The van der Waals surface area contributed by atoms with Gasteiger partial charge in [0.05, 0.1) is 17.7 Å². The molecule has 0 saturated heterocycles. The van der Waals surface area contributed by atoms with Gasteiger partial charge in [-0.25, -0.2) is 8.42 Å². The highest BCUT2D eigenvalue weighted by Gasteiger charge is 2.35. The lowest BCUT2D eigenvalue weighted by Gasteiger charge is -2.34. The van der Waals surface area contributed by atoms with Gasteiger partial charge in [0.1, 0.15) is 18.3 Å². The summed E-state index contributed by atoms with van der Waals surface area (Å²) in [5, 5.41) is 3.05. The Morgan fingerprint density at radius 2 is 1.47 bits per heavy atom. The van der Waals surface area contributed by atoms with E-state index in [1.54, 1.807) is 56.5 Å². The van der Waals surface area contributed by atoms with Crippen molar-refractivity contribution in [3.63, 3.8) is 0 Å². The van der Waals surface area contributed by atoms with Crippen molar-refractivity contribution in [2.24, 2.45) is 0 Å². The maximum absolute atomic E-state index is 14.6.